The topological polar surface area (TPSA) is 21.3 Å². The highest BCUT2D eigenvalue weighted by molar-refractivity contribution is 6.32. The van der Waals surface area contributed by atoms with E-state index in [4.69, 9.17) is 0 Å². The van der Waals surface area contributed by atoms with E-state index in [-0.39, 0.29) is 9.68 Å². The number of nitrogens with one attached hydrogen (secondary N) is 1. The van der Waals surface area contributed by atoms with Crippen molar-refractivity contribution in [3.05, 3.63) is 12.7 Å². The summed E-state index contributed by atoms with van der Waals surface area (Å²) >= 11 is 0. The number of allylic oxidation sites excluding steroid dienone is 1. The highest BCUT2D eigenvalue weighted by Gasteiger charge is 1.76. The average Bonchev–Trinajstić information content (AvgIpc) is 1.69. The largest absolute Gasteiger partial charge is 0.313 e. The van der Waals surface area contributed by atoms with Crippen molar-refractivity contribution in [2.45, 2.75) is 6.04 Å². The van der Waals surface area contributed by atoms with Gasteiger partial charge in [-0.15, -0.1) is 6.58 Å². The zero-order valence-electron chi connectivity index (χ0n) is 4.61. The van der Waals surface area contributed by atoms with Crippen molar-refractivity contribution in [1.82, 2.24) is 5.15 Å². The second kappa shape index (κ2) is 5.88. The summed E-state index contributed by atoms with van der Waals surface area (Å²) in [5.74, 6) is 0. The smallest absolute Gasteiger partial charge is 0.129 e. The molecule has 7 heavy (non-hydrogen) atoms. The van der Waals surface area contributed by atoms with E-state index in [1.807, 2.05) is 6.08 Å². The van der Waals surface area contributed by atoms with E-state index in [1.54, 1.807) is 7.11 Å². The fraction of sp³-hybridized carbons (Fsp3) is 0.500. The third-order valence-corrected chi connectivity index (χ3v) is 1.78. The molecule has 0 aromatic carbocycles. The molecule has 0 amide bonds. The van der Waals surface area contributed by atoms with Crippen molar-refractivity contribution in [2.24, 2.45) is 0 Å². The molecule has 0 rings (SSSR count). The van der Waals surface area contributed by atoms with E-state index in [1.165, 1.54) is 0 Å². The predicted molar refractivity (Wildman–Crippen MR) is 33.7 cm³/mol. The van der Waals surface area contributed by atoms with Crippen LogP contribution in [-0.2, 0) is 4.84 Å². The van der Waals surface area contributed by atoms with Gasteiger partial charge in [-0.1, -0.05) is 6.08 Å². The van der Waals surface area contributed by atoms with Gasteiger partial charge in [0.1, 0.15) is 9.68 Å². The van der Waals surface area contributed by atoms with Gasteiger partial charge in [0.15, 0.2) is 0 Å². The van der Waals surface area contributed by atoms with E-state index in [2.05, 4.69) is 16.6 Å². The highest BCUT2D eigenvalue weighted by atomic mass is 28.2. The van der Waals surface area contributed by atoms with Crippen LogP contribution in [-0.4, -0.2) is 16.8 Å². The van der Waals surface area contributed by atoms with Gasteiger partial charge in [0.2, 0.25) is 0 Å². The molecule has 1 N–H and O–H groups in total. The molecule has 0 aliphatic heterocycles. The summed E-state index contributed by atoms with van der Waals surface area (Å²) in [5.41, 5.74) is 0. The Morgan fingerprint density at radius 1 is 2.00 bits per heavy atom. The first-order valence-electron chi connectivity index (χ1n) is 2.28. The van der Waals surface area contributed by atoms with E-state index in [0.29, 0.717) is 0 Å². The minimum absolute atomic E-state index is 0.179. The van der Waals surface area contributed by atoms with Gasteiger partial charge in [-0.25, -0.2) is 5.15 Å². The lowest BCUT2D eigenvalue weighted by atomic mass is 10.8. The fourth-order valence-electron chi connectivity index (χ4n) is 0.263. The van der Waals surface area contributed by atoms with Crippen LogP contribution in [0.1, 0.15) is 0 Å². The van der Waals surface area contributed by atoms with Crippen LogP contribution in [0.3, 0.4) is 0 Å². The zero-order chi connectivity index (χ0) is 5.54. The molecule has 0 aliphatic rings. The summed E-state index contributed by atoms with van der Waals surface area (Å²) in [6, 6.07) is 1.09. The molecule has 0 saturated carbocycles. The first-order chi connectivity index (χ1) is 3.41. The summed E-state index contributed by atoms with van der Waals surface area (Å²) in [7, 11) is 1.46. The second-order valence-electron chi connectivity index (χ2n) is 1.18. The van der Waals surface area contributed by atoms with Gasteiger partial charge in [0.25, 0.3) is 0 Å². The molecular formula is C4H11NOSi. The van der Waals surface area contributed by atoms with Crippen LogP contribution in [0.4, 0.5) is 0 Å². The summed E-state index contributed by atoms with van der Waals surface area (Å²) < 4.78 is 0. The van der Waals surface area contributed by atoms with Crippen molar-refractivity contribution in [3.63, 3.8) is 0 Å². The number of hydrogen-bond acceptors (Lipinski definition) is 2. The molecule has 0 spiro atoms. The molecule has 42 valence electrons. The van der Waals surface area contributed by atoms with Gasteiger partial charge < -0.3 is 4.84 Å². The van der Waals surface area contributed by atoms with Crippen LogP contribution >= 0.6 is 0 Å². The molecule has 0 heterocycles. The maximum Gasteiger partial charge on any atom is 0.129 e. The number of hydrogen-bond donors (Lipinski definition) is 1. The lowest BCUT2D eigenvalue weighted by Crippen LogP contribution is -2.15. The van der Waals surface area contributed by atoms with Crippen molar-refractivity contribution < 1.29 is 4.84 Å². The summed E-state index contributed by atoms with van der Waals surface area (Å²) in [4.78, 5) is 4.61. The van der Waals surface area contributed by atoms with Crippen LogP contribution in [0.5, 0.6) is 0 Å². The molecule has 0 atom stereocenters. The highest BCUT2D eigenvalue weighted by Crippen LogP contribution is 1.71. The standard InChI is InChI=1S/C4H11NOSi/c1-3-4-7-5-6-2/h3,5H,1,4,7H2,2H3. The predicted octanol–water partition coefficient (Wildman–Crippen LogP) is -0.175. The Kier molecular flexibility index (Phi) is 5.77. The van der Waals surface area contributed by atoms with Gasteiger partial charge in [0, 0.05) is 0 Å². The lowest BCUT2D eigenvalue weighted by Gasteiger charge is -1.93. The lowest BCUT2D eigenvalue weighted by molar-refractivity contribution is 0.153. The second-order valence-corrected chi connectivity index (χ2v) is 2.54. The van der Waals surface area contributed by atoms with Crippen LogP contribution < -0.4 is 5.15 Å². The summed E-state index contributed by atoms with van der Waals surface area (Å²) in [5, 5.41) is 2.82. The molecule has 2 nitrogen and oxygen atoms in total. The van der Waals surface area contributed by atoms with Crippen LogP contribution in [0.2, 0.25) is 6.04 Å². The molecule has 0 radical (unpaired) electrons. The average molecular weight is 117 g/mol. The molecule has 0 fully saturated rings. The Labute approximate surface area is 46.4 Å². The molecule has 0 aromatic rings. The van der Waals surface area contributed by atoms with Crippen LogP contribution in [0.25, 0.3) is 0 Å². The molecular weight excluding hydrogens is 106 g/mol. The van der Waals surface area contributed by atoms with E-state index < -0.39 is 0 Å². The Bertz CT molecular complexity index is 49.0. The van der Waals surface area contributed by atoms with Crippen LogP contribution in [0, 0.1) is 0 Å². The normalized spacial score (nSPS) is 10.4. The minimum atomic E-state index is -0.179. The maximum absolute atomic E-state index is 4.61. The van der Waals surface area contributed by atoms with Gasteiger partial charge >= 0.3 is 0 Å². The van der Waals surface area contributed by atoms with Gasteiger partial charge in [-0.3, -0.25) is 0 Å². The minimum Gasteiger partial charge on any atom is -0.313 e. The third-order valence-electron chi connectivity index (χ3n) is 0.595. The monoisotopic (exact) mass is 117 g/mol. The van der Waals surface area contributed by atoms with Crippen molar-refractivity contribution >= 4 is 9.68 Å². The Morgan fingerprint density at radius 2 is 2.71 bits per heavy atom. The summed E-state index contributed by atoms with van der Waals surface area (Å²) in [6.45, 7) is 3.57. The molecule has 0 aliphatic carbocycles. The SMILES string of the molecule is C=CC[SiH2]NOC. The summed E-state index contributed by atoms with van der Waals surface area (Å²) in [6.07, 6.45) is 1.90. The third kappa shape index (κ3) is 5.88. The van der Waals surface area contributed by atoms with E-state index in [9.17, 15) is 0 Å². The number of rotatable bonds is 4. The van der Waals surface area contributed by atoms with Gasteiger partial charge in [-0.2, -0.15) is 0 Å². The first kappa shape index (κ1) is 6.88. The van der Waals surface area contributed by atoms with E-state index >= 15 is 0 Å². The Morgan fingerprint density at radius 3 is 3.14 bits per heavy atom. The fourth-order valence-corrected chi connectivity index (χ4v) is 0.789. The molecule has 0 saturated heterocycles. The molecule has 3 heteroatoms. The molecule has 0 bridgehead atoms. The van der Waals surface area contributed by atoms with Crippen LogP contribution in [0.15, 0.2) is 12.7 Å². The Balaban J connectivity index is 2.56. The van der Waals surface area contributed by atoms with Crippen molar-refractivity contribution in [2.75, 3.05) is 7.11 Å². The Hall–Kier alpha value is -0.123. The van der Waals surface area contributed by atoms with Gasteiger partial charge in [0.05, 0.1) is 7.11 Å². The molecule has 0 aromatic heterocycles. The van der Waals surface area contributed by atoms with Gasteiger partial charge in [-0.05, 0) is 6.04 Å². The molecule has 0 unspecified atom stereocenters. The van der Waals surface area contributed by atoms with Crippen molar-refractivity contribution in [1.29, 1.82) is 0 Å². The first-order valence-corrected chi connectivity index (χ1v) is 3.99. The van der Waals surface area contributed by atoms with E-state index in [0.717, 1.165) is 6.04 Å². The zero-order valence-corrected chi connectivity index (χ0v) is 6.02. The van der Waals surface area contributed by atoms with Crippen molar-refractivity contribution in [3.8, 4) is 0 Å². The maximum atomic E-state index is 4.61. The quantitative estimate of drug-likeness (QED) is 0.239.